The molecule has 12 heavy (non-hydrogen) atoms. The predicted molar refractivity (Wildman–Crippen MR) is 49.0 cm³/mol. The minimum atomic E-state index is -2.08. The largest absolute Gasteiger partial charge is 0.409 e. The summed E-state index contributed by atoms with van der Waals surface area (Å²) in [4.78, 5) is 10.2. The van der Waals surface area contributed by atoms with Crippen molar-refractivity contribution < 1.29 is 19.4 Å². The molecule has 0 aliphatic carbocycles. The van der Waals surface area contributed by atoms with Crippen LogP contribution in [0.5, 0.6) is 0 Å². The summed E-state index contributed by atoms with van der Waals surface area (Å²) in [5.74, 6) is 0.421. The number of primary amides is 1. The normalized spacial score (nSPS) is 13.6. The van der Waals surface area contributed by atoms with E-state index in [4.69, 9.17) is 5.11 Å². The Morgan fingerprint density at radius 3 is 2.83 bits per heavy atom. The summed E-state index contributed by atoms with van der Waals surface area (Å²) in [6.07, 6.45) is 1.01. The summed E-state index contributed by atoms with van der Waals surface area (Å²) in [5, 5.41) is 9.06. The Kier molecular flexibility index (Phi) is 4.77. The zero-order chi connectivity index (χ0) is 9.61. The van der Waals surface area contributed by atoms with E-state index in [1.54, 1.807) is 0 Å². The highest BCUT2D eigenvalue weighted by molar-refractivity contribution is 14.1. The van der Waals surface area contributed by atoms with Crippen molar-refractivity contribution in [2.24, 2.45) is 5.73 Å². The minimum Gasteiger partial charge on any atom is -0.381 e. The van der Waals surface area contributed by atoms with Gasteiger partial charge in [-0.25, -0.2) is 4.79 Å². The third kappa shape index (κ3) is 6.06. The summed E-state index contributed by atoms with van der Waals surface area (Å²) in [7, 11) is 0. The van der Waals surface area contributed by atoms with E-state index in [-0.39, 0.29) is 0 Å². The minimum absolute atomic E-state index is 0.546. The van der Waals surface area contributed by atoms with Crippen LogP contribution in [-0.4, -0.2) is 21.6 Å². The van der Waals surface area contributed by atoms with E-state index in [0.29, 0.717) is 4.43 Å². The van der Waals surface area contributed by atoms with Gasteiger partial charge < -0.3 is 20.3 Å². The van der Waals surface area contributed by atoms with Gasteiger partial charge in [-0.05, 0) is 5.92 Å². The fourth-order valence-electron chi connectivity index (χ4n) is 0.366. The zero-order valence-electron chi connectivity index (χ0n) is 6.33. The quantitative estimate of drug-likeness (QED) is 0.328. The maximum absolute atomic E-state index is 10.2. The van der Waals surface area contributed by atoms with Gasteiger partial charge in [0.25, 0.3) is 0 Å². The highest BCUT2D eigenvalue weighted by Crippen LogP contribution is 2.05. The van der Waals surface area contributed by atoms with Gasteiger partial charge in [-0.3, -0.25) is 0 Å². The maximum atomic E-state index is 10.2. The summed E-state index contributed by atoms with van der Waals surface area (Å²) in [5.41, 5.74) is 4.63. The van der Waals surface area contributed by atoms with Gasteiger partial charge in [0, 0.05) is 6.92 Å². The summed E-state index contributed by atoms with van der Waals surface area (Å²) >= 11 is 2.00. The molecule has 0 aromatic carbocycles. The molecule has 0 fully saturated rings. The summed E-state index contributed by atoms with van der Waals surface area (Å²) in [6, 6.07) is 0. The molecule has 68 valence electrons. The molecule has 0 spiro atoms. The van der Waals surface area contributed by atoms with Crippen LogP contribution in [0, 0.1) is 12.0 Å². The Labute approximate surface area is 83.3 Å². The molecule has 0 aliphatic heterocycles. The molecule has 0 radical (unpaired) electrons. The third-order valence-corrected chi connectivity index (χ3v) is 1.05. The van der Waals surface area contributed by atoms with Crippen LogP contribution in [0.2, 0.25) is 0 Å². The van der Waals surface area contributed by atoms with E-state index in [1.807, 2.05) is 22.6 Å². The van der Waals surface area contributed by atoms with Crippen LogP contribution >= 0.6 is 22.6 Å². The first-order valence-electron chi connectivity index (χ1n) is 2.90. The second kappa shape index (κ2) is 5.05. The van der Waals surface area contributed by atoms with Gasteiger partial charge in [-0.2, -0.15) is 0 Å². The molecule has 6 heteroatoms. The highest BCUT2D eigenvalue weighted by Gasteiger charge is 2.25. The average molecular weight is 285 g/mol. The van der Waals surface area contributed by atoms with Crippen LogP contribution in [0.25, 0.3) is 0 Å². The molecular formula is C6H8INO4. The molecule has 1 atom stereocenters. The Bertz CT molecular complexity index is 217. The van der Waals surface area contributed by atoms with E-state index >= 15 is 0 Å². The molecule has 1 unspecified atom stereocenters. The highest BCUT2D eigenvalue weighted by atomic mass is 127. The monoisotopic (exact) mass is 285 g/mol. The lowest BCUT2D eigenvalue weighted by Gasteiger charge is -2.18. The number of hydrogen-bond donors (Lipinski definition) is 2. The molecular weight excluding hydrogens is 277 g/mol. The standard InChI is InChI=1S/C6H8INO4/c1-6(10,12-5(8)9)11-4-2-3-7/h10H,3H2,1H3,(H2,8,9). The number of rotatable bonds is 2. The maximum Gasteiger partial charge on any atom is 0.409 e. The fraction of sp³-hybridized carbons (Fsp3) is 0.500. The van der Waals surface area contributed by atoms with E-state index in [1.165, 1.54) is 0 Å². The molecule has 0 aromatic heterocycles. The number of aliphatic hydroxyl groups is 1. The molecule has 3 N–H and O–H groups in total. The van der Waals surface area contributed by atoms with Crippen molar-refractivity contribution in [1.82, 2.24) is 0 Å². The Balaban J connectivity index is 3.95. The number of nitrogens with two attached hydrogens (primary N) is 1. The van der Waals surface area contributed by atoms with Gasteiger partial charge >= 0.3 is 12.1 Å². The van der Waals surface area contributed by atoms with Crippen molar-refractivity contribution in [2.75, 3.05) is 4.43 Å². The van der Waals surface area contributed by atoms with Crippen molar-refractivity contribution in [1.29, 1.82) is 0 Å². The van der Waals surface area contributed by atoms with Crippen LogP contribution in [0.15, 0.2) is 0 Å². The first kappa shape index (κ1) is 11.3. The van der Waals surface area contributed by atoms with Gasteiger partial charge in [0.2, 0.25) is 0 Å². The van der Waals surface area contributed by atoms with Crippen molar-refractivity contribution in [3.05, 3.63) is 0 Å². The lowest BCUT2D eigenvalue weighted by atomic mass is 10.6. The molecule has 0 saturated heterocycles. The van der Waals surface area contributed by atoms with Crippen molar-refractivity contribution in [2.45, 2.75) is 12.9 Å². The second-order valence-corrected chi connectivity index (χ2v) is 2.60. The van der Waals surface area contributed by atoms with Gasteiger partial charge in [0.05, 0.1) is 4.43 Å². The lowest BCUT2D eigenvalue weighted by Crippen LogP contribution is -2.35. The number of halogens is 1. The lowest BCUT2D eigenvalue weighted by molar-refractivity contribution is -0.288. The van der Waals surface area contributed by atoms with E-state index in [9.17, 15) is 4.79 Å². The van der Waals surface area contributed by atoms with Crippen molar-refractivity contribution in [3.8, 4) is 12.0 Å². The molecule has 0 heterocycles. The van der Waals surface area contributed by atoms with Crippen LogP contribution < -0.4 is 5.73 Å². The fourth-order valence-corrected chi connectivity index (χ4v) is 0.521. The van der Waals surface area contributed by atoms with Crippen LogP contribution in [-0.2, 0) is 9.47 Å². The van der Waals surface area contributed by atoms with Gasteiger partial charge in [0.15, 0.2) is 0 Å². The molecule has 5 nitrogen and oxygen atoms in total. The van der Waals surface area contributed by atoms with Gasteiger partial charge in [-0.15, -0.1) is 0 Å². The number of carbonyl (C=O) groups excluding carboxylic acids is 1. The van der Waals surface area contributed by atoms with Gasteiger partial charge in [0.1, 0.15) is 6.11 Å². The number of amides is 1. The summed E-state index contributed by atoms with van der Waals surface area (Å²) < 4.78 is 9.14. The van der Waals surface area contributed by atoms with E-state index < -0.39 is 12.1 Å². The predicted octanol–water partition coefficient (Wildman–Crippen LogP) is 0.160. The smallest absolute Gasteiger partial charge is 0.381 e. The molecule has 0 saturated carbocycles. The topological polar surface area (TPSA) is 81.8 Å². The van der Waals surface area contributed by atoms with Crippen LogP contribution in [0.4, 0.5) is 4.79 Å². The molecule has 1 amide bonds. The van der Waals surface area contributed by atoms with Crippen LogP contribution in [0.3, 0.4) is 0 Å². The van der Waals surface area contributed by atoms with Gasteiger partial charge in [-0.1, -0.05) is 22.6 Å². The van der Waals surface area contributed by atoms with Crippen LogP contribution in [0.1, 0.15) is 6.92 Å². The number of carbonyl (C=O) groups is 1. The second-order valence-electron chi connectivity index (χ2n) is 1.83. The molecule has 0 rings (SSSR count). The van der Waals surface area contributed by atoms with E-state index in [0.717, 1.165) is 6.92 Å². The Hall–Kier alpha value is -0.680. The average Bonchev–Trinajstić information content (AvgIpc) is 1.84. The molecule has 0 aliphatic rings. The number of ether oxygens (including phenoxy) is 2. The number of hydrogen-bond acceptors (Lipinski definition) is 4. The van der Waals surface area contributed by atoms with Crippen molar-refractivity contribution in [3.63, 3.8) is 0 Å². The molecule has 0 aromatic rings. The summed E-state index contributed by atoms with van der Waals surface area (Å²) in [6.45, 7) is 1.11. The van der Waals surface area contributed by atoms with E-state index in [2.05, 4.69) is 27.2 Å². The first-order valence-corrected chi connectivity index (χ1v) is 4.43. The molecule has 0 bridgehead atoms. The van der Waals surface area contributed by atoms with Crippen molar-refractivity contribution >= 4 is 28.7 Å². The zero-order valence-corrected chi connectivity index (χ0v) is 8.49. The Morgan fingerprint density at radius 2 is 2.42 bits per heavy atom. The SMILES string of the molecule is CC(O)(OC#CCI)OC(N)=O. The first-order chi connectivity index (χ1) is 5.48. The third-order valence-electron chi connectivity index (χ3n) is 0.669. The Morgan fingerprint density at radius 1 is 1.83 bits per heavy atom. The number of alkyl halides is 1.